The summed E-state index contributed by atoms with van der Waals surface area (Å²) in [5.41, 5.74) is -1.66. The Hall–Kier alpha value is -3.55. The molecule has 0 atom stereocenters. The van der Waals surface area contributed by atoms with Crippen LogP contribution in [-0.2, 0) is 19.1 Å². The molecular weight excluding hydrogens is 428 g/mol. The number of hydrogen-bond acceptors (Lipinski definition) is 8. The molecule has 3 aromatic rings. The molecule has 8 heteroatoms. The predicted octanol–water partition coefficient (Wildman–Crippen LogP) is 4.39. The molecule has 1 aromatic heterocycles. The summed E-state index contributed by atoms with van der Waals surface area (Å²) in [6, 6.07) is 9.94. The van der Waals surface area contributed by atoms with Crippen LogP contribution in [-0.4, -0.2) is 36.4 Å². The van der Waals surface area contributed by atoms with Crippen LogP contribution in [0.5, 0.6) is 11.5 Å². The first-order valence-corrected chi connectivity index (χ1v) is 10.5. The Labute approximate surface area is 191 Å². The van der Waals surface area contributed by atoms with Crippen LogP contribution in [0.15, 0.2) is 45.6 Å². The van der Waals surface area contributed by atoms with Gasteiger partial charge in [0.25, 0.3) is 0 Å². The summed E-state index contributed by atoms with van der Waals surface area (Å²) < 4.78 is 27.4. The first-order chi connectivity index (χ1) is 15.3. The third-order valence-electron chi connectivity index (χ3n) is 4.20. The quantitative estimate of drug-likeness (QED) is 0.306. The second-order valence-corrected chi connectivity index (χ2v) is 9.48. The van der Waals surface area contributed by atoms with Gasteiger partial charge in [-0.25, -0.2) is 14.4 Å². The Balaban J connectivity index is 1.99. The lowest BCUT2D eigenvalue weighted by Crippen LogP contribution is -2.27. The number of hydrogen-bond donors (Lipinski definition) is 0. The number of rotatable bonds is 6. The molecule has 0 bridgehead atoms. The van der Waals surface area contributed by atoms with Crippen molar-refractivity contribution in [2.24, 2.45) is 0 Å². The normalized spacial score (nSPS) is 11.9. The van der Waals surface area contributed by atoms with Gasteiger partial charge in [0.1, 0.15) is 28.3 Å². The molecule has 2 aromatic carbocycles. The second kappa shape index (κ2) is 9.13. The van der Waals surface area contributed by atoms with E-state index >= 15 is 0 Å². The maximum atomic E-state index is 12.5. The predicted molar refractivity (Wildman–Crippen MR) is 123 cm³/mol. The average molecular weight is 456 g/mol. The van der Waals surface area contributed by atoms with Crippen LogP contribution in [0.1, 0.15) is 41.5 Å². The summed E-state index contributed by atoms with van der Waals surface area (Å²) in [5, 5.41) is 1.47. The summed E-state index contributed by atoms with van der Waals surface area (Å²) in [7, 11) is 0. The van der Waals surface area contributed by atoms with Crippen molar-refractivity contribution in [1.29, 1.82) is 0 Å². The highest BCUT2D eigenvalue weighted by Gasteiger charge is 2.20. The van der Waals surface area contributed by atoms with E-state index in [4.69, 9.17) is 23.4 Å². The Morgan fingerprint density at radius 1 is 0.818 bits per heavy atom. The molecule has 0 saturated carbocycles. The lowest BCUT2D eigenvalue weighted by atomic mass is 10.1. The van der Waals surface area contributed by atoms with Crippen LogP contribution in [0.4, 0.5) is 0 Å². The van der Waals surface area contributed by atoms with Crippen molar-refractivity contribution in [3.8, 4) is 11.5 Å². The number of benzene rings is 2. The van der Waals surface area contributed by atoms with E-state index in [1.807, 2.05) is 0 Å². The molecule has 0 amide bonds. The Bertz CT molecular complexity index is 1240. The van der Waals surface area contributed by atoms with E-state index in [9.17, 15) is 14.4 Å². The van der Waals surface area contributed by atoms with Crippen molar-refractivity contribution in [3.63, 3.8) is 0 Å². The van der Waals surface area contributed by atoms with Gasteiger partial charge in [-0.3, -0.25) is 0 Å². The molecule has 3 rings (SSSR count). The number of carbonyl (C=O) groups excluding carboxylic acids is 2. The minimum atomic E-state index is -0.666. The van der Waals surface area contributed by atoms with Crippen molar-refractivity contribution in [3.05, 3.63) is 46.8 Å². The maximum absolute atomic E-state index is 12.5. The number of ether oxygens (including phenoxy) is 4. The molecule has 0 radical (unpaired) electrons. The minimum absolute atomic E-state index is 0.194. The van der Waals surface area contributed by atoms with Gasteiger partial charge in [-0.15, -0.1) is 0 Å². The molecule has 33 heavy (non-hydrogen) atoms. The van der Waals surface area contributed by atoms with E-state index in [1.54, 1.807) is 65.8 Å². The molecular formula is C25H28O8. The maximum Gasteiger partial charge on any atom is 0.344 e. The first-order valence-electron chi connectivity index (χ1n) is 10.5. The van der Waals surface area contributed by atoms with Gasteiger partial charge in [0.15, 0.2) is 13.2 Å². The number of carbonyl (C=O) groups is 2. The first kappa shape index (κ1) is 24.1. The van der Waals surface area contributed by atoms with Crippen LogP contribution in [0, 0.1) is 0 Å². The number of fused-ring (bicyclic) bond motifs is 3. The van der Waals surface area contributed by atoms with Gasteiger partial charge in [0, 0.05) is 17.5 Å². The molecule has 0 aliphatic carbocycles. The van der Waals surface area contributed by atoms with Crippen LogP contribution in [0.25, 0.3) is 21.7 Å². The van der Waals surface area contributed by atoms with Crippen molar-refractivity contribution in [2.75, 3.05) is 13.2 Å². The lowest BCUT2D eigenvalue weighted by molar-refractivity contribution is -0.158. The third kappa shape index (κ3) is 6.47. The van der Waals surface area contributed by atoms with Gasteiger partial charge in [-0.1, -0.05) is 18.2 Å². The van der Waals surface area contributed by atoms with Crippen LogP contribution < -0.4 is 15.1 Å². The summed E-state index contributed by atoms with van der Waals surface area (Å²) >= 11 is 0. The van der Waals surface area contributed by atoms with Gasteiger partial charge >= 0.3 is 17.6 Å². The van der Waals surface area contributed by atoms with E-state index in [0.717, 1.165) is 0 Å². The monoisotopic (exact) mass is 456 g/mol. The van der Waals surface area contributed by atoms with Crippen molar-refractivity contribution >= 4 is 33.7 Å². The molecule has 0 aliphatic rings. The summed E-state index contributed by atoms with van der Waals surface area (Å²) in [5.74, 6) is -0.653. The highest BCUT2D eigenvalue weighted by Crippen LogP contribution is 2.35. The second-order valence-electron chi connectivity index (χ2n) is 9.48. The van der Waals surface area contributed by atoms with Crippen LogP contribution in [0.3, 0.4) is 0 Å². The highest BCUT2D eigenvalue weighted by molar-refractivity contribution is 6.08. The molecule has 1 heterocycles. The van der Waals surface area contributed by atoms with Gasteiger partial charge in [-0.05, 0) is 47.6 Å². The van der Waals surface area contributed by atoms with Gasteiger partial charge in [0.05, 0.1) is 10.8 Å². The van der Waals surface area contributed by atoms with Crippen molar-refractivity contribution in [2.45, 2.75) is 52.7 Å². The summed E-state index contributed by atoms with van der Waals surface area (Å²) in [6.45, 7) is 9.81. The average Bonchev–Trinajstić information content (AvgIpc) is 2.68. The van der Waals surface area contributed by atoms with Crippen molar-refractivity contribution < 1.29 is 33.0 Å². The standard InChI is InChI=1S/C25H28O8/c1-24(2,3)32-20(26)13-29-15-11-18(30-14-21(27)33-25(4,5)6)22-16-9-7-8-10-17(16)23(28)31-19(22)12-15/h7-12H,13-14H2,1-6H3. The molecule has 0 fully saturated rings. The fourth-order valence-electron chi connectivity index (χ4n) is 3.16. The van der Waals surface area contributed by atoms with E-state index < -0.39 is 28.8 Å². The van der Waals surface area contributed by atoms with Gasteiger partial charge in [-0.2, -0.15) is 0 Å². The molecule has 0 saturated heterocycles. The Morgan fingerprint density at radius 3 is 1.94 bits per heavy atom. The Kier molecular flexibility index (Phi) is 6.67. The zero-order valence-electron chi connectivity index (χ0n) is 19.6. The van der Waals surface area contributed by atoms with Crippen LogP contribution >= 0.6 is 0 Å². The zero-order valence-corrected chi connectivity index (χ0v) is 19.6. The van der Waals surface area contributed by atoms with Gasteiger partial charge < -0.3 is 23.4 Å². The fraction of sp³-hybridized carbons (Fsp3) is 0.400. The Morgan fingerprint density at radius 2 is 1.36 bits per heavy atom. The van der Waals surface area contributed by atoms with Gasteiger partial charge in [0.2, 0.25) is 0 Å². The smallest absolute Gasteiger partial charge is 0.344 e. The molecule has 176 valence electrons. The fourth-order valence-corrected chi connectivity index (χ4v) is 3.16. The zero-order chi connectivity index (χ0) is 24.4. The van der Waals surface area contributed by atoms with E-state index in [0.29, 0.717) is 16.2 Å². The molecule has 0 unspecified atom stereocenters. The summed E-state index contributed by atoms with van der Waals surface area (Å²) in [6.07, 6.45) is 0. The van der Waals surface area contributed by atoms with E-state index in [2.05, 4.69) is 0 Å². The largest absolute Gasteiger partial charge is 0.482 e. The van der Waals surface area contributed by atoms with Crippen LogP contribution in [0.2, 0.25) is 0 Å². The molecule has 0 N–H and O–H groups in total. The highest BCUT2D eigenvalue weighted by atomic mass is 16.6. The molecule has 8 nitrogen and oxygen atoms in total. The van der Waals surface area contributed by atoms with E-state index in [-0.39, 0.29) is 30.3 Å². The minimum Gasteiger partial charge on any atom is -0.482 e. The third-order valence-corrected chi connectivity index (χ3v) is 4.20. The molecule has 0 aliphatic heterocycles. The molecule has 0 spiro atoms. The SMILES string of the molecule is CC(C)(C)OC(=O)COc1cc(OCC(=O)OC(C)(C)C)c2c(c1)oc(=O)c1ccccc12. The number of esters is 2. The summed E-state index contributed by atoms with van der Waals surface area (Å²) in [4.78, 5) is 36.7. The lowest BCUT2D eigenvalue weighted by Gasteiger charge is -2.20. The topological polar surface area (TPSA) is 101 Å². The van der Waals surface area contributed by atoms with Crippen molar-refractivity contribution in [1.82, 2.24) is 0 Å². The van der Waals surface area contributed by atoms with E-state index in [1.165, 1.54) is 12.1 Å².